The summed E-state index contributed by atoms with van der Waals surface area (Å²) in [5.41, 5.74) is 2.18. The van der Waals surface area contributed by atoms with Gasteiger partial charge in [0.25, 0.3) is 0 Å². The highest BCUT2D eigenvalue weighted by atomic mass is 35.5. The van der Waals surface area contributed by atoms with Crippen LogP contribution in [0, 0.1) is 0 Å². The van der Waals surface area contributed by atoms with E-state index in [9.17, 15) is 0 Å². The molecule has 2 nitrogen and oxygen atoms in total. The second-order valence-electron chi connectivity index (χ2n) is 2.98. The van der Waals surface area contributed by atoms with E-state index in [1.807, 2.05) is 24.3 Å². The van der Waals surface area contributed by atoms with Gasteiger partial charge < -0.3 is 0 Å². The Morgan fingerprint density at radius 1 is 0.812 bits per heavy atom. The summed E-state index contributed by atoms with van der Waals surface area (Å²) >= 11 is 11.0. The predicted octanol–water partition coefficient (Wildman–Crippen LogP) is 3.64. The maximum atomic E-state index is 5.50. The molecule has 4 heteroatoms. The molecule has 2 rings (SSSR count). The lowest BCUT2D eigenvalue weighted by atomic mass is 10.3. The molecule has 0 N–H and O–H groups in total. The summed E-state index contributed by atoms with van der Waals surface area (Å²) in [7, 11) is 0. The lowest BCUT2D eigenvalue weighted by molar-refractivity contribution is 1.25. The molecule has 2 aromatic rings. The summed E-state index contributed by atoms with van der Waals surface area (Å²) in [5, 5.41) is 0. The predicted molar refractivity (Wildman–Crippen MR) is 67.6 cm³/mol. The molecule has 0 bridgehead atoms. The van der Waals surface area contributed by atoms with Crippen molar-refractivity contribution in [2.75, 3.05) is 0 Å². The lowest BCUT2D eigenvalue weighted by Gasteiger charge is -1.87. The third kappa shape index (κ3) is 5.10. The van der Waals surface area contributed by atoms with Crippen LogP contribution in [-0.2, 0) is 11.8 Å². The van der Waals surface area contributed by atoms with Gasteiger partial charge >= 0.3 is 0 Å². The third-order valence-electron chi connectivity index (χ3n) is 1.78. The molecular formula is C12H12Cl2N2. The standard InChI is InChI=1S/2C6H6ClN/c7-5-6-1-3-8-4-2-6;7-4-6-2-1-3-8-5-6/h1-4H,5H2;1-3,5H,4H2. The second kappa shape index (κ2) is 8.08. The molecule has 0 radical (unpaired) electrons. The Hall–Kier alpha value is -1.12. The van der Waals surface area contributed by atoms with Crippen molar-refractivity contribution in [1.29, 1.82) is 0 Å². The number of nitrogens with zero attached hydrogens (tertiary/aromatic N) is 2. The van der Waals surface area contributed by atoms with Crippen molar-refractivity contribution < 1.29 is 0 Å². The van der Waals surface area contributed by atoms with Crippen molar-refractivity contribution in [2.24, 2.45) is 0 Å². The Morgan fingerprint density at radius 3 is 1.88 bits per heavy atom. The first-order valence-corrected chi connectivity index (χ1v) is 5.83. The lowest BCUT2D eigenvalue weighted by Crippen LogP contribution is -1.75. The summed E-state index contributed by atoms with van der Waals surface area (Å²) in [6, 6.07) is 7.61. The maximum Gasteiger partial charge on any atom is 0.0489 e. The normalized spacial score (nSPS) is 9.12. The van der Waals surface area contributed by atoms with Crippen LogP contribution in [0.15, 0.2) is 49.1 Å². The minimum atomic E-state index is 0.549. The summed E-state index contributed by atoms with van der Waals surface area (Å²) in [5.74, 6) is 1.12. The van der Waals surface area contributed by atoms with E-state index in [0.717, 1.165) is 11.1 Å². The topological polar surface area (TPSA) is 25.8 Å². The molecular weight excluding hydrogens is 243 g/mol. The van der Waals surface area contributed by atoms with Gasteiger partial charge in [-0.2, -0.15) is 0 Å². The molecule has 0 unspecified atom stereocenters. The average Bonchev–Trinajstić information content (AvgIpc) is 2.41. The fourth-order valence-electron chi connectivity index (χ4n) is 0.949. The summed E-state index contributed by atoms with van der Waals surface area (Å²) in [6.07, 6.45) is 6.96. The van der Waals surface area contributed by atoms with Crippen molar-refractivity contribution in [3.8, 4) is 0 Å². The Kier molecular flexibility index (Phi) is 6.54. The zero-order chi connectivity index (χ0) is 11.6. The highest BCUT2D eigenvalue weighted by Crippen LogP contribution is 1.99. The van der Waals surface area contributed by atoms with Crippen molar-refractivity contribution in [3.63, 3.8) is 0 Å². The van der Waals surface area contributed by atoms with E-state index in [4.69, 9.17) is 23.2 Å². The van der Waals surface area contributed by atoms with Gasteiger partial charge in [-0.25, -0.2) is 0 Å². The number of hydrogen-bond acceptors (Lipinski definition) is 2. The van der Waals surface area contributed by atoms with Crippen LogP contribution in [-0.4, -0.2) is 9.97 Å². The molecule has 0 saturated heterocycles. The Labute approximate surface area is 105 Å². The van der Waals surface area contributed by atoms with E-state index in [0.29, 0.717) is 11.8 Å². The second-order valence-corrected chi connectivity index (χ2v) is 3.52. The van der Waals surface area contributed by atoms with Gasteiger partial charge in [0.1, 0.15) is 0 Å². The number of halogens is 2. The van der Waals surface area contributed by atoms with E-state index >= 15 is 0 Å². The van der Waals surface area contributed by atoms with Crippen LogP contribution in [0.5, 0.6) is 0 Å². The maximum absolute atomic E-state index is 5.50. The van der Waals surface area contributed by atoms with Crippen LogP contribution in [0.1, 0.15) is 11.1 Å². The summed E-state index contributed by atoms with van der Waals surface area (Å²) < 4.78 is 0. The Bertz CT molecular complexity index is 339. The molecule has 0 spiro atoms. The number of rotatable bonds is 2. The molecule has 0 aliphatic heterocycles. The first kappa shape index (κ1) is 12.9. The van der Waals surface area contributed by atoms with Gasteiger partial charge in [-0.15, -0.1) is 23.2 Å². The molecule has 0 aromatic carbocycles. The third-order valence-corrected chi connectivity index (χ3v) is 2.40. The number of pyridine rings is 2. The molecule has 0 amide bonds. The molecule has 0 aliphatic carbocycles. The highest BCUT2D eigenvalue weighted by Gasteiger charge is 1.83. The smallest absolute Gasteiger partial charge is 0.0489 e. The summed E-state index contributed by atoms with van der Waals surface area (Å²) in [6.45, 7) is 0. The Balaban J connectivity index is 0.000000160. The quantitative estimate of drug-likeness (QED) is 0.765. The van der Waals surface area contributed by atoms with Crippen molar-refractivity contribution in [3.05, 3.63) is 60.2 Å². The van der Waals surface area contributed by atoms with Gasteiger partial charge in [-0.05, 0) is 29.3 Å². The van der Waals surface area contributed by atoms with E-state index < -0.39 is 0 Å². The zero-order valence-electron chi connectivity index (χ0n) is 8.68. The fourth-order valence-corrected chi connectivity index (χ4v) is 1.29. The molecule has 16 heavy (non-hydrogen) atoms. The van der Waals surface area contributed by atoms with Crippen LogP contribution in [0.3, 0.4) is 0 Å². The van der Waals surface area contributed by atoms with Gasteiger partial charge in [0, 0.05) is 36.5 Å². The van der Waals surface area contributed by atoms with Gasteiger partial charge in [0.2, 0.25) is 0 Å². The van der Waals surface area contributed by atoms with Crippen molar-refractivity contribution >= 4 is 23.2 Å². The Morgan fingerprint density at radius 2 is 1.50 bits per heavy atom. The molecule has 0 atom stereocenters. The van der Waals surface area contributed by atoms with E-state index in [2.05, 4.69) is 9.97 Å². The van der Waals surface area contributed by atoms with E-state index in [1.54, 1.807) is 24.8 Å². The van der Waals surface area contributed by atoms with Crippen LogP contribution in [0.25, 0.3) is 0 Å². The van der Waals surface area contributed by atoms with Gasteiger partial charge in [-0.3, -0.25) is 9.97 Å². The number of hydrogen-bond donors (Lipinski definition) is 0. The first-order chi connectivity index (χ1) is 7.86. The summed E-state index contributed by atoms with van der Waals surface area (Å²) in [4.78, 5) is 7.71. The van der Waals surface area contributed by atoms with Gasteiger partial charge in [0.15, 0.2) is 0 Å². The molecule has 84 valence electrons. The van der Waals surface area contributed by atoms with E-state index in [1.165, 1.54) is 0 Å². The molecule has 0 fully saturated rings. The van der Waals surface area contributed by atoms with Gasteiger partial charge in [-0.1, -0.05) is 6.07 Å². The van der Waals surface area contributed by atoms with Crippen molar-refractivity contribution in [1.82, 2.24) is 9.97 Å². The minimum absolute atomic E-state index is 0.549. The van der Waals surface area contributed by atoms with Crippen LogP contribution in [0.2, 0.25) is 0 Å². The number of aromatic nitrogens is 2. The van der Waals surface area contributed by atoms with Crippen LogP contribution in [0.4, 0.5) is 0 Å². The SMILES string of the molecule is ClCc1cccnc1.ClCc1ccncc1. The first-order valence-electron chi connectivity index (χ1n) is 4.76. The van der Waals surface area contributed by atoms with Crippen LogP contribution >= 0.6 is 23.2 Å². The van der Waals surface area contributed by atoms with Crippen LogP contribution < -0.4 is 0 Å². The minimum Gasteiger partial charge on any atom is -0.265 e. The largest absolute Gasteiger partial charge is 0.265 e. The molecule has 2 heterocycles. The average molecular weight is 255 g/mol. The highest BCUT2D eigenvalue weighted by molar-refractivity contribution is 6.17. The molecule has 2 aromatic heterocycles. The fraction of sp³-hybridized carbons (Fsp3) is 0.167. The number of alkyl halides is 2. The monoisotopic (exact) mass is 254 g/mol. The zero-order valence-corrected chi connectivity index (χ0v) is 10.2. The molecule has 0 aliphatic rings. The van der Waals surface area contributed by atoms with E-state index in [-0.39, 0.29) is 0 Å². The van der Waals surface area contributed by atoms with Gasteiger partial charge in [0.05, 0.1) is 0 Å². The van der Waals surface area contributed by atoms with Crippen molar-refractivity contribution in [2.45, 2.75) is 11.8 Å². The molecule has 0 saturated carbocycles.